The van der Waals surface area contributed by atoms with Crippen molar-refractivity contribution >= 4 is 11.8 Å². The van der Waals surface area contributed by atoms with Crippen molar-refractivity contribution in [2.45, 2.75) is 38.5 Å². The molecule has 2 fully saturated rings. The molecule has 1 aromatic carbocycles. The number of rotatable bonds is 5. The number of nitrogens with zero attached hydrogens (tertiary/aromatic N) is 1. The largest absolute Gasteiger partial charge is 0.496 e. The molecule has 2 saturated heterocycles. The van der Waals surface area contributed by atoms with Crippen LogP contribution in [0.2, 0.25) is 0 Å². The molecule has 27 heavy (non-hydrogen) atoms. The number of nitrogens with one attached hydrogen (secondary N) is 1. The fourth-order valence-corrected chi connectivity index (χ4v) is 3.61. The van der Waals surface area contributed by atoms with Crippen LogP contribution in [0.25, 0.3) is 0 Å². The van der Waals surface area contributed by atoms with Crippen LogP contribution in [0.4, 0.5) is 0 Å². The lowest BCUT2D eigenvalue weighted by molar-refractivity contribution is -0.188. The molecule has 1 spiro atoms. The lowest BCUT2D eigenvalue weighted by atomic mass is 9.98. The normalized spacial score (nSPS) is 19.9. The van der Waals surface area contributed by atoms with Gasteiger partial charge in [0.1, 0.15) is 11.8 Å². The van der Waals surface area contributed by atoms with Gasteiger partial charge in [0.05, 0.1) is 25.9 Å². The van der Waals surface area contributed by atoms with Gasteiger partial charge in [-0.25, -0.2) is 0 Å². The van der Waals surface area contributed by atoms with E-state index in [-0.39, 0.29) is 17.7 Å². The number of piperidine rings is 1. The molecule has 3 rings (SSSR count). The standard InChI is InChI=1S/C20H28N2O5/c1-14(2)17(21-18(23)15-6-4-5-7-16(15)25-3)19(24)22-10-8-20(9-11-22)26-12-13-27-20/h4-7,14,17H,8-13H2,1-3H3,(H,21,23)/t17-/m1/s1. The molecule has 2 amide bonds. The number of methoxy groups -OCH3 is 1. The van der Waals surface area contributed by atoms with Gasteiger partial charge in [0.2, 0.25) is 5.91 Å². The van der Waals surface area contributed by atoms with Crippen LogP contribution in [0.15, 0.2) is 24.3 Å². The second-order valence-electron chi connectivity index (χ2n) is 7.33. The lowest BCUT2D eigenvalue weighted by Gasteiger charge is -2.39. The summed E-state index contributed by atoms with van der Waals surface area (Å²) in [6.45, 7) is 6.20. The Morgan fingerprint density at radius 2 is 1.78 bits per heavy atom. The highest BCUT2D eigenvalue weighted by atomic mass is 16.7. The van der Waals surface area contributed by atoms with Crippen LogP contribution < -0.4 is 10.1 Å². The number of amides is 2. The summed E-state index contributed by atoms with van der Waals surface area (Å²) in [7, 11) is 1.52. The van der Waals surface area contributed by atoms with Crippen molar-refractivity contribution in [1.29, 1.82) is 0 Å². The summed E-state index contributed by atoms with van der Waals surface area (Å²) < 4.78 is 16.7. The van der Waals surface area contributed by atoms with E-state index in [0.29, 0.717) is 50.5 Å². The van der Waals surface area contributed by atoms with Crippen LogP contribution in [0.3, 0.4) is 0 Å². The van der Waals surface area contributed by atoms with Crippen LogP contribution in [-0.2, 0) is 14.3 Å². The highest BCUT2D eigenvalue weighted by molar-refractivity contribution is 5.99. The van der Waals surface area contributed by atoms with E-state index >= 15 is 0 Å². The molecule has 148 valence electrons. The fraction of sp³-hybridized carbons (Fsp3) is 0.600. The van der Waals surface area contributed by atoms with E-state index < -0.39 is 11.8 Å². The number of hydrogen-bond donors (Lipinski definition) is 1. The van der Waals surface area contributed by atoms with Crippen LogP contribution in [-0.4, -0.2) is 62.0 Å². The van der Waals surface area contributed by atoms with Crippen molar-refractivity contribution in [2.75, 3.05) is 33.4 Å². The van der Waals surface area contributed by atoms with E-state index in [0.717, 1.165) is 0 Å². The van der Waals surface area contributed by atoms with Gasteiger partial charge in [-0.1, -0.05) is 26.0 Å². The minimum Gasteiger partial charge on any atom is -0.496 e. The van der Waals surface area contributed by atoms with E-state index in [2.05, 4.69) is 5.32 Å². The topological polar surface area (TPSA) is 77.1 Å². The predicted octanol–water partition coefficient (Wildman–Crippen LogP) is 1.82. The summed E-state index contributed by atoms with van der Waals surface area (Å²) >= 11 is 0. The van der Waals surface area contributed by atoms with Gasteiger partial charge in [0, 0.05) is 25.9 Å². The molecule has 7 heteroatoms. The number of para-hydroxylation sites is 1. The van der Waals surface area contributed by atoms with Crippen molar-refractivity contribution < 1.29 is 23.8 Å². The SMILES string of the molecule is COc1ccccc1C(=O)N[C@@H](C(=O)N1CCC2(CC1)OCCO2)C(C)C. The molecule has 0 aliphatic carbocycles. The van der Waals surface area contributed by atoms with Gasteiger partial charge in [-0.05, 0) is 18.1 Å². The second kappa shape index (κ2) is 8.27. The maximum Gasteiger partial charge on any atom is 0.255 e. The Kier molecular flexibility index (Phi) is 6.01. The van der Waals surface area contributed by atoms with E-state index in [1.54, 1.807) is 29.2 Å². The summed E-state index contributed by atoms with van der Waals surface area (Å²) in [6, 6.07) is 6.40. The van der Waals surface area contributed by atoms with Gasteiger partial charge in [-0.15, -0.1) is 0 Å². The molecule has 1 aromatic rings. The van der Waals surface area contributed by atoms with Crippen molar-refractivity contribution in [3.63, 3.8) is 0 Å². The van der Waals surface area contributed by atoms with E-state index in [1.807, 2.05) is 13.8 Å². The average molecular weight is 376 g/mol. The van der Waals surface area contributed by atoms with Gasteiger partial charge < -0.3 is 24.4 Å². The van der Waals surface area contributed by atoms with Crippen LogP contribution in [0.5, 0.6) is 5.75 Å². The number of carbonyl (C=O) groups excluding carboxylic acids is 2. The zero-order valence-corrected chi connectivity index (χ0v) is 16.2. The summed E-state index contributed by atoms with van der Waals surface area (Å²) in [5.74, 6) is -0.451. The van der Waals surface area contributed by atoms with Crippen LogP contribution in [0.1, 0.15) is 37.0 Å². The molecule has 0 unspecified atom stereocenters. The molecule has 0 radical (unpaired) electrons. The van der Waals surface area contributed by atoms with Crippen molar-refractivity contribution in [3.05, 3.63) is 29.8 Å². The summed E-state index contributed by atoms with van der Waals surface area (Å²) in [5.41, 5.74) is 0.420. The zero-order valence-electron chi connectivity index (χ0n) is 16.2. The van der Waals surface area contributed by atoms with Gasteiger partial charge in [-0.2, -0.15) is 0 Å². The minimum absolute atomic E-state index is 0.0361. The highest BCUT2D eigenvalue weighted by Crippen LogP contribution is 2.31. The van der Waals surface area contributed by atoms with Crippen LogP contribution in [0, 0.1) is 5.92 Å². The highest BCUT2D eigenvalue weighted by Gasteiger charge is 2.42. The first kappa shape index (κ1) is 19.6. The molecular weight excluding hydrogens is 348 g/mol. The zero-order chi connectivity index (χ0) is 19.4. The summed E-state index contributed by atoms with van der Waals surface area (Å²) in [4.78, 5) is 27.6. The third-order valence-corrected chi connectivity index (χ3v) is 5.22. The van der Waals surface area contributed by atoms with Gasteiger partial charge in [0.15, 0.2) is 5.79 Å². The smallest absolute Gasteiger partial charge is 0.255 e. The van der Waals surface area contributed by atoms with E-state index in [4.69, 9.17) is 14.2 Å². The van der Waals surface area contributed by atoms with E-state index in [1.165, 1.54) is 7.11 Å². The van der Waals surface area contributed by atoms with Crippen LogP contribution >= 0.6 is 0 Å². The lowest BCUT2D eigenvalue weighted by Crippen LogP contribution is -2.55. The first-order valence-electron chi connectivity index (χ1n) is 9.46. The maximum atomic E-state index is 13.1. The third-order valence-electron chi connectivity index (χ3n) is 5.22. The fourth-order valence-electron chi connectivity index (χ4n) is 3.61. The number of ether oxygens (including phenoxy) is 3. The minimum atomic E-state index is -0.595. The maximum absolute atomic E-state index is 13.1. The average Bonchev–Trinajstić information content (AvgIpc) is 3.13. The molecule has 2 aliphatic heterocycles. The number of benzene rings is 1. The van der Waals surface area contributed by atoms with Crippen molar-refractivity contribution in [3.8, 4) is 5.75 Å². The third kappa shape index (κ3) is 4.25. The molecular formula is C20H28N2O5. The monoisotopic (exact) mass is 376 g/mol. The molecule has 0 aromatic heterocycles. The molecule has 0 saturated carbocycles. The Labute approximate surface area is 160 Å². The predicted molar refractivity (Wildman–Crippen MR) is 99.5 cm³/mol. The quantitative estimate of drug-likeness (QED) is 0.848. The Hall–Kier alpha value is -2.12. The first-order valence-corrected chi connectivity index (χ1v) is 9.46. The number of likely N-dealkylation sites (tertiary alicyclic amines) is 1. The van der Waals surface area contributed by atoms with Gasteiger partial charge in [0.25, 0.3) is 5.91 Å². The molecule has 0 bridgehead atoms. The second-order valence-corrected chi connectivity index (χ2v) is 7.33. The Morgan fingerprint density at radius 3 is 2.37 bits per heavy atom. The Balaban J connectivity index is 1.66. The van der Waals surface area contributed by atoms with E-state index in [9.17, 15) is 9.59 Å². The van der Waals surface area contributed by atoms with Gasteiger partial charge >= 0.3 is 0 Å². The Bertz CT molecular complexity index is 675. The molecule has 2 aliphatic rings. The van der Waals surface area contributed by atoms with Gasteiger partial charge in [-0.3, -0.25) is 9.59 Å². The molecule has 1 atom stereocenters. The van der Waals surface area contributed by atoms with Crippen molar-refractivity contribution in [2.24, 2.45) is 5.92 Å². The molecule has 1 N–H and O–H groups in total. The number of carbonyl (C=O) groups is 2. The molecule has 7 nitrogen and oxygen atoms in total. The van der Waals surface area contributed by atoms with Crippen molar-refractivity contribution in [1.82, 2.24) is 10.2 Å². The Morgan fingerprint density at radius 1 is 1.15 bits per heavy atom. The molecule has 2 heterocycles. The summed E-state index contributed by atoms with van der Waals surface area (Å²) in [5, 5.41) is 2.89. The summed E-state index contributed by atoms with van der Waals surface area (Å²) in [6.07, 6.45) is 1.31. The first-order chi connectivity index (χ1) is 13.0. The number of hydrogen-bond acceptors (Lipinski definition) is 5.